The van der Waals surface area contributed by atoms with E-state index >= 15 is 0 Å². The summed E-state index contributed by atoms with van der Waals surface area (Å²) in [6, 6.07) is 13.8. The smallest absolute Gasteiger partial charge is 0.261 e. The Labute approximate surface area is 166 Å². The number of amides is 1. The predicted octanol–water partition coefficient (Wildman–Crippen LogP) is 2.98. The molecule has 3 rings (SSSR count). The van der Waals surface area contributed by atoms with Crippen LogP contribution in [0.1, 0.15) is 30.4 Å². The lowest BCUT2D eigenvalue weighted by atomic mass is 9.95. The average molecular weight is 403 g/mol. The lowest BCUT2D eigenvalue weighted by Gasteiger charge is -2.16. The standard InChI is InChI=1S/C21H26N2O4S/c1-16-5-3-6-19(15-16)28(25,26)23-18-9-7-17(8-10-18)21(11-12-21)20(24)22-13-4-14-27-2/h3,5-10,15,23H,4,11-14H2,1-2H3,(H,22,24). The van der Waals surface area contributed by atoms with E-state index < -0.39 is 15.4 Å². The first-order valence-electron chi connectivity index (χ1n) is 9.35. The van der Waals surface area contributed by atoms with Crippen molar-refractivity contribution in [2.75, 3.05) is 25.0 Å². The van der Waals surface area contributed by atoms with Crippen molar-refractivity contribution >= 4 is 21.6 Å². The van der Waals surface area contributed by atoms with E-state index in [1.54, 1.807) is 37.4 Å². The van der Waals surface area contributed by atoms with Gasteiger partial charge in [-0.3, -0.25) is 9.52 Å². The topological polar surface area (TPSA) is 84.5 Å². The van der Waals surface area contributed by atoms with Gasteiger partial charge in [0.2, 0.25) is 5.91 Å². The van der Waals surface area contributed by atoms with E-state index in [1.165, 1.54) is 0 Å². The van der Waals surface area contributed by atoms with Gasteiger partial charge in [0.1, 0.15) is 0 Å². The molecule has 7 heteroatoms. The molecule has 0 spiro atoms. The number of hydrogen-bond donors (Lipinski definition) is 2. The minimum absolute atomic E-state index is 0.0247. The number of benzene rings is 2. The minimum Gasteiger partial charge on any atom is -0.385 e. The molecule has 0 heterocycles. The van der Waals surface area contributed by atoms with Gasteiger partial charge in [0, 0.05) is 25.9 Å². The van der Waals surface area contributed by atoms with Crippen LogP contribution in [0.15, 0.2) is 53.4 Å². The van der Waals surface area contributed by atoms with Gasteiger partial charge in [-0.15, -0.1) is 0 Å². The monoisotopic (exact) mass is 402 g/mol. The first-order chi connectivity index (χ1) is 13.4. The molecular formula is C21H26N2O4S. The molecule has 1 saturated carbocycles. The SMILES string of the molecule is COCCCNC(=O)C1(c2ccc(NS(=O)(=O)c3cccc(C)c3)cc2)CC1. The Morgan fingerprint density at radius 3 is 2.46 bits per heavy atom. The van der Waals surface area contributed by atoms with Gasteiger partial charge in [0.05, 0.1) is 10.3 Å². The summed E-state index contributed by atoms with van der Waals surface area (Å²) in [6.07, 6.45) is 2.38. The van der Waals surface area contributed by atoms with Crippen LogP contribution in [0.2, 0.25) is 0 Å². The number of sulfonamides is 1. The summed E-state index contributed by atoms with van der Waals surface area (Å²) in [6.45, 7) is 3.05. The number of nitrogens with one attached hydrogen (secondary N) is 2. The number of aryl methyl sites for hydroxylation is 1. The van der Waals surface area contributed by atoms with Gasteiger partial charge in [0.15, 0.2) is 0 Å². The Bertz CT molecular complexity index is 935. The number of hydrogen-bond acceptors (Lipinski definition) is 4. The first kappa shape index (κ1) is 20.4. The van der Waals surface area contributed by atoms with Crippen LogP contribution in [0.25, 0.3) is 0 Å². The minimum atomic E-state index is -3.64. The van der Waals surface area contributed by atoms with Gasteiger partial charge < -0.3 is 10.1 Å². The fraction of sp³-hybridized carbons (Fsp3) is 0.381. The maximum Gasteiger partial charge on any atom is 0.261 e. The van der Waals surface area contributed by atoms with Crippen LogP contribution >= 0.6 is 0 Å². The van der Waals surface area contributed by atoms with E-state index in [0.29, 0.717) is 18.8 Å². The third-order valence-electron chi connectivity index (χ3n) is 4.98. The molecule has 1 aliphatic rings. The molecule has 0 aliphatic heterocycles. The van der Waals surface area contributed by atoms with Crippen molar-refractivity contribution in [3.63, 3.8) is 0 Å². The van der Waals surface area contributed by atoms with Crippen LogP contribution in [0.3, 0.4) is 0 Å². The molecule has 150 valence electrons. The van der Waals surface area contributed by atoms with Crippen molar-refractivity contribution in [1.82, 2.24) is 5.32 Å². The Kier molecular flexibility index (Phi) is 6.05. The number of rotatable bonds is 9. The van der Waals surface area contributed by atoms with E-state index in [4.69, 9.17) is 4.74 Å². The Morgan fingerprint density at radius 2 is 1.86 bits per heavy atom. The van der Waals surface area contributed by atoms with Crippen molar-refractivity contribution in [1.29, 1.82) is 0 Å². The van der Waals surface area contributed by atoms with Crippen LogP contribution in [0.4, 0.5) is 5.69 Å². The Balaban J connectivity index is 1.67. The summed E-state index contributed by atoms with van der Waals surface area (Å²) in [5, 5.41) is 2.97. The zero-order valence-corrected chi connectivity index (χ0v) is 17.0. The van der Waals surface area contributed by atoms with E-state index in [2.05, 4.69) is 10.0 Å². The number of anilines is 1. The lowest BCUT2D eigenvalue weighted by molar-refractivity contribution is -0.123. The van der Waals surface area contributed by atoms with E-state index in [1.807, 2.05) is 25.1 Å². The van der Waals surface area contributed by atoms with Crippen molar-refractivity contribution in [3.05, 3.63) is 59.7 Å². The number of carbonyl (C=O) groups excluding carboxylic acids is 1. The second-order valence-corrected chi connectivity index (χ2v) is 8.87. The largest absolute Gasteiger partial charge is 0.385 e. The first-order valence-corrected chi connectivity index (χ1v) is 10.8. The van der Waals surface area contributed by atoms with E-state index in [0.717, 1.165) is 30.4 Å². The zero-order chi connectivity index (χ0) is 20.2. The van der Waals surface area contributed by atoms with Crippen LogP contribution < -0.4 is 10.0 Å². The van der Waals surface area contributed by atoms with Crippen LogP contribution in [0.5, 0.6) is 0 Å². The van der Waals surface area contributed by atoms with Gasteiger partial charge in [-0.25, -0.2) is 8.42 Å². The highest BCUT2D eigenvalue weighted by atomic mass is 32.2. The molecule has 2 aromatic carbocycles. The van der Waals surface area contributed by atoms with Gasteiger partial charge in [-0.1, -0.05) is 24.3 Å². The normalized spacial score (nSPS) is 15.1. The molecule has 0 saturated heterocycles. The van der Waals surface area contributed by atoms with Crippen molar-refractivity contribution in [3.8, 4) is 0 Å². The fourth-order valence-electron chi connectivity index (χ4n) is 3.21. The fourth-order valence-corrected chi connectivity index (χ4v) is 4.38. The molecule has 0 aromatic heterocycles. The molecule has 2 N–H and O–H groups in total. The molecule has 1 aliphatic carbocycles. The highest BCUT2D eigenvalue weighted by molar-refractivity contribution is 7.92. The summed E-state index contributed by atoms with van der Waals surface area (Å²) < 4.78 is 32.7. The summed E-state index contributed by atoms with van der Waals surface area (Å²) >= 11 is 0. The third-order valence-corrected chi connectivity index (χ3v) is 6.36. The predicted molar refractivity (Wildman–Crippen MR) is 109 cm³/mol. The maximum atomic E-state index is 12.6. The summed E-state index contributed by atoms with van der Waals surface area (Å²) in [7, 11) is -2.01. The van der Waals surface area contributed by atoms with Gasteiger partial charge in [-0.05, 0) is 61.6 Å². The van der Waals surface area contributed by atoms with Crippen molar-refractivity contribution < 1.29 is 17.9 Å². The van der Waals surface area contributed by atoms with Gasteiger partial charge >= 0.3 is 0 Å². The molecule has 0 atom stereocenters. The second kappa shape index (κ2) is 8.32. The quantitative estimate of drug-likeness (QED) is 0.632. The third kappa shape index (κ3) is 4.54. The van der Waals surface area contributed by atoms with E-state index in [-0.39, 0.29) is 10.8 Å². The number of ether oxygens (including phenoxy) is 1. The van der Waals surface area contributed by atoms with Crippen LogP contribution in [0, 0.1) is 6.92 Å². The van der Waals surface area contributed by atoms with Gasteiger partial charge in [0.25, 0.3) is 10.0 Å². The molecule has 0 radical (unpaired) electrons. The molecule has 1 amide bonds. The highest BCUT2D eigenvalue weighted by Crippen LogP contribution is 2.48. The summed E-state index contributed by atoms with van der Waals surface area (Å²) in [5.74, 6) is 0.0247. The zero-order valence-electron chi connectivity index (χ0n) is 16.2. The second-order valence-electron chi connectivity index (χ2n) is 7.18. The Morgan fingerprint density at radius 1 is 1.14 bits per heavy atom. The van der Waals surface area contributed by atoms with E-state index in [9.17, 15) is 13.2 Å². The average Bonchev–Trinajstić information content (AvgIpc) is 3.47. The molecule has 0 bridgehead atoms. The number of carbonyl (C=O) groups is 1. The highest BCUT2D eigenvalue weighted by Gasteiger charge is 2.50. The number of methoxy groups -OCH3 is 1. The summed E-state index contributed by atoms with van der Waals surface area (Å²) in [4.78, 5) is 12.8. The molecule has 2 aromatic rings. The van der Waals surface area contributed by atoms with Crippen LogP contribution in [-0.2, 0) is 25.0 Å². The van der Waals surface area contributed by atoms with Crippen molar-refractivity contribution in [2.45, 2.75) is 36.5 Å². The molecule has 0 unspecified atom stereocenters. The Hall–Kier alpha value is -2.38. The molecule has 1 fully saturated rings. The van der Waals surface area contributed by atoms with Crippen LogP contribution in [-0.4, -0.2) is 34.6 Å². The lowest BCUT2D eigenvalue weighted by Crippen LogP contribution is -2.35. The molecular weight excluding hydrogens is 376 g/mol. The maximum absolute atomic E-state index is 12.6. The molecule has 6 nitrogen and oxygen atoms in total. The van der Waals surface area contributed by atoms with Crippen molar-refractivity contribution in [2.24, 2.45) is 0 Å². The molecule has 28 heavy (non-hydrogen) atoms. The summed E-state index contributed by atoms with van der Waals surface area (Å²) in [5.41, 5.74) is 1.78. The van der Waals surface area contributed by atoms with Gasteiger partial charge in [-0.2, -0.15) is 0 Å².